The van der Waals surface area contributed by atoms with E-state index in [1.165, 1.54) is 0 Å². The highest BCUT2D eigenvalue weighted by Crippen LogP contribution is 2.11. The van der Waals surface area contributed by atoms with Crippen molar-refractivity contribution >= 4 is 12.1 Å². The van der Waals surface area contributed by atoms with Crippen LogP contribution in [-0.2, 0) is 4.74 Å². The second kappa shape index (κ2) is 7.86. The highest BCUT2D eigenvalue weighted by molar-refractivity contribution is 5.79. The predicted molar refractivity (Wildman–Crippen MR) is 78.5 cm³/mol. The number of carbonyl (C=O) groups is 1. The fraction of sp³-hybridized carbons (Fsp3) is 0.846. The van der Waals surface area contributed by atoms with Crippen LogP contribution >= 0.6 is 0 Å². The molecule has 0 aromatic carbocycles. The molecule has 0 radical (unpaired) electrons. The Morgan fingerprint density at radius 1 is 1.42 bits per heavy atom. The van der Waals surface area contributed by atoms with E-state index in [4.69, 9.17) is 4.74 Å². The molecule has 6 nitrogen and oxygen atoms in total. The zero-order chi connectivity index (χ0) is 15.1. The maximum Gasteiger partial charge on any atom is 0.410 e. The van der Waals surface area contributed by atoms with Crippen molar-refractivity contribution in [1.29, 1.82) is 0 Å². The third-order valence-corrected chi connectivity index (χ3v) is 2.66. The van der Waals surface area contributed by atoms with Crippen LogP contribution in [0, 0.1) is 0 Å². The van der Waals surface area contributed by atoms with E-state index < -0.39 is 5.60 Å². The van der Waals surface area contributed by atoms with Crippen LogP contribution in [0.1, 0.15) is 34.1 Å². The molecule has 1 atom stereocenters. The summed E-state index contributed by atoms with van der Waals surface area (Å²) >= 11 is 0. The summed E-state index contributed by atoms with van der Waals surface area (Å²) < 4.78 is 5.32. The lowest BCUT2D eigenvalue weighted by molar-refractivity contribution is 0.0230. The van der Waals surface area contributed by atoms with Crippen molar-refractivity contribution in [3.05, 3.63) is 0 Å². The molecule has 0 rings (SSSR count). The molecule has 0 aromatic rings. The maximum absolute atomic E-state index is 11.9. The summed E-state index contributed by atoms with van der Waals surface area (Å²) in [5, 5.41) is 6.09. The molecular formula is C13H28N4O2. The lowest BCUT2D eigenvalue weighted by Crippen LogP contribution is -2.42. The number of hydrogen-bond acceptors (Lipinski definition) is 3. The molecule has 19 heavy (non-hydrogen) atoms. The Kier molecular flexibility index (Phi) is 7.26. The van der Waals surface area contributed by atoms with Crippen molar-refractivity contribution in [3.63, 3.8) is 0 Å². The highest BCUT2D eigenvalue weighted by atomic mass is 16.6. The van der Waals surface area contributed by atoms with Gasteiger partial charge in [-0.2, -0.15) is 0 Å². The monoisotopic (exact) mass is 272 g/mol. The summed E-state index contributed by atoms with van der Waals surface area (Å²) in [6, 6.07) is 0.0947. The molecule has 0 bridgehead atoms. The van der Waals surface area contributed by atoms with Crippen LogP contribution < -0.4 is 10.6 Å². The normalized spacial score (nSPS) is 13.7. The first-order chi connectivity index (χ1) is 8.71. The van der Waals surface area contributed by atoms with Crippen molar-refractivity contribution in [1.82, 2.24) is 15.5 Å². The molecule has 0 aliphatic carbocycles. The van der Waals surface area contributed by atoms with E-state index in [2.05, 4.69) is 15.6 Å². The molecule has 0 aliphatic heterocycles. The van der Waals surface area contributed by atoms with Gasteiger partial charge in [0.25, 0.3) is 0 Å². The number of aliphatic imine (C=N–C) groups is 1. The van der Waals surface area contributed by atoms with Gasteiger partial charge in [0.15, 0.2) is 5.96 Å². The van der Waals surface area contributed by atoms with Gasteiger partial charge in [-0.05, 0) is 34.1 Å². The summed E-state index contributed by atoms with van der Waals surface area (Å²) in [7, 11) is 5.28. The zero-order valence-electron chi connectivity index (χ0n) is 13.2. The van der Waals surface area contributed by atoms with E-state index >= 15 is 0 Å². The Balaban J connectivity index is 4.13. The largest absolute Gasteiger partial charge is 0.444 e. The minimum atomic E-state index is -0.461. The molecule has 112 valence electrons. The van der Waals surface area contributed by atoms with Crippen molar-refractivity contribution < 1.29 is 9.53 Å². The Labute approximate surface area is 116 Å². The number of carbonyl (C=O) groups excluding carboxylic acids is 1. The van der Waals surface area contributed by atoms with Crippen LogP contribution in [0.5, 0.6) is 0 Å². The Morgan fingerprint density at radius 2 is 2.00 bits per heavy atom. The van der Waals surface area contributed by atoms with Gasteiger partial charge in [-0.25, -0.2) is 4.79 Å². The molecule has 0 saturated heterocycles. The van der Waals surface area contributed by atoms with E-state index in [9.17, 15) is 4.79 Å². The molecule has 2 N–H and O–H groups in total. The average Bonchev–Trinajstić information content (AvgIpc) is 2.31. The van der Waals surface area contributed by atoms with Crippen molar-refractivity contribution in [2.45, 2.75) is 45.8 Å². The Morgan fingerprint density at radius 3 is 2.42 bits per heavy atom. The SMILES string of the molecule is CN=C(NC)NCCC(C)N(C)C(=O)OC(C)(C)C. The maximum atomic E-state index is 11.9. The molecular weight excluding hydrogens is 244 g/mol. The van der Waals surface area contributed by atoms with E-state index in [0.717, 1.165) is 18.9 Å². The van der Waals surface area contributed by atoms with Crippen LogP contribution in [0.4, 0.5) is 4.79 Å². The van der Waals surface area contributed by atoms with Crippen LogP contribution in [0.25, 0.3) is 0 Å². The van der Waals surface area contributed by atoms with Gasteiger partial charge in [0.05, 0.1) is 0 Å². The lowest BCUT2D eigenvalue weighted by atomic mass is 10.2. The molecule has 0 heterocycles. The van der Waals surface area contributed by atoms with Gasteiger partial charge in [-0.1, -0.05) is 0 Å². The van der Waals surface area contributed by atoms with Gasteiger partial charge in [0.2, 0.25) is 0 Å². The van der Waals surface area contributed by atoms with E-state index in [0.29, 0.717) is 0 Å². The second-order valence-electron chi connectivity index (χ2n) is 5.48. The van der Waals surface area contributed by atoms with Gasteiger partial charge in [-0.3, -0.25) is 4.99 Å². The standard InChI is InChI=1S/C13H28N4O2/c1-10(8-9-16-11(14-5)15-6)17(7)12(18)19-13(2,3)4/h10H,8-9H2,1-7H3,(H2,14,15,16). The van der Waals surface area contributed by atoms with Crippen LogP contribution in [0.3, 0.4) is 0 Å². The molecule has 0 aliphatic rings. The first-order valence-electron chi connectivity index (χ1n) is 6.55. The summed E-state index contributed by atoms with van der Waals surface area (Å²) in [6.45, 7) is 8.32. The van der Waals surface area contributed by atoms with Gasteiger partial charge >= 0.3 is 6.09 Å². The number of guanidine groups is 1. The summed E-state index contributed by atoms with van der Waals surface area (Å²) in [4.78, 5) is 17.5. The molecule has 0 aromatic heterocycles. The first kappa shape index (κ1) is 17.5. The zero-order valence-corrected chi connectivity index (χ0v) is 13.2. The number of nitrogens with one attached hydrogen (secondary N) is 2. The number of hydrogen-bond donors (Lipinski definition) is 2. The van der Waals surface area contributed by atoms with Crippen LogP contribution in [0.2, 0.25) is 0 Å². The van der Waals surface area contributed by atoms with Crippen molar-refractivity contribution in [2.75, 3.05) is 27.7 Å². The quantitative estimate of drug-likeness (QED) is 0.600. The minimum absolute atomic E-state index is 0.0947. The second-order valence-corrected chi connectivity index (χ2v) is 5.48. The number of rotatable bonds is 4. The number of amides is 1. The third kappa shape index (κ3) is 7.54. The van der Waals surface area contributed by atoms with Gasteiger partial charge in [0.1, 0.15) is 5.60 Å². The molecule has 0 spiro atoms. The third-order valence-electron chi connectivity index (χ3n) is 2.66. The predicted octanol–water partition coefficient (Wildman–Crippen LogP) is 1.43. The molecule has 1 amide bonds. The number of nitrogens with zero attached hydrogens (tertiary/aromatic N) is 2. The highest BCUT2D eigenvalue weighted by Gasteiger charge is 2.22. The van der Waals surface area contributed by atoms with Gasteiger partial charge in [-0.15, -0.1) is 0 Å². The van der Waals surface area contributed by atoms with Gasteiger partial charge < -0.3 is 20.3 Å². The lowest BCUT2D eigenvalue weighted by Gasteiger charge is -2.28. The van der Waals surface area contributed by atoms with Gasteiger partial charge in [0, 0.05) is 33.7 Å². The number of ether oxygens (including phenoxy) is 1. The smallest absolute Gasteiger partial charge is 0.410 e. The minimum Gasteiger partial charge on any atom is -0.444 e. The average molecular weight is 272 g/mol. The topological polar surface area (TPSA) is 66.0 Å². The summed E-state index contributed by atoms with van der Waals surface area (Å²) in [5.41, 5.74) is -0.461. The van der Waals surface area contributed by atoms with Crippen LogP contribution in [0.15, 0.2) is 4.99 Å². The van der Waals surface area contributed by atoms with Crippen molar-refractivity contribution in [3.8, 4) is 0 Å². The van der Waals surface area contributed by atoms with E-state index in [1.54, 1.807) is 19.0 Å². The molecule has 1 unspecified atom stereocenters. The molecule has 0 fully saturated rings. The first-order valence-corrected chi connectivity index (χ1v) is 6.55. The fourth-order valence-corrected chi connectivity index (χ4v) is 1.39. The molecule has 0 saturated carbocycles. The Bertz CT molecular complexity index is 310. The Hall–Kier alpha value is -1.46. The fourth-order valence-electron chi connectivity index (χ4n) is 1.39. The van der Waals surface area contributed by atoms with E-state index in [-0.39, 0.29) is 12.1 Å². The van der Waals surface area contributed by atoms with E-state index in [1.807, 2.05) is 34.7 Å². The van der Waals surface area contributed by atoms with Crippen molar-refractivity contribution in [2.24, 2.45) is 4.99 Å². The molecule has 6 heteroatoms. The summed E-state index contributed by atoms with van der Waals surface area (Å²) in [5.74, 6) is 0.743. The van der Waals surface area contributed by atoms with Crippen LogP contribution in [-0.4, -0.2) is 56.3 Å². The summed E-state index contributed by atoms with van der Waals surface area (Å²) in [6.07, 6.45) is 0.522.